The van der Waals surface area contributed by atoms with E-state index in [1.54, 1.807) is 0 Å². The van der Waals surface area contributed by atoms with Gasteiger partial charge >= 0.3 is 0 Å². The molecule has 0 atom stereocenters. The Morgan fingerprint density at radius 3 is 2.29 bits per heavy atom. The first-order chi connectivity index (χ1) is 16.6. The summed E-state index contributed by atoms with van der Waals surface area (Å²) in [5.74, 6) is 0.248. The Kier molecular flexibility index (Phi) is 7.00. The topological polar surface area (TPSA) is 43.9 Å². The van der Waals surface area contributed by atoms with E-state index in [1.165, 1.54) is 30.4 Å². The SMILES string of the molecule is CCCc1ccc(C(=O)N2CCc3cc(C(=O)N4CCCN(C5CCC5)CC4)ccc3C2)cc1. The summed E-state index contributed by atoms with van der Waals surface area (Å²) < 4.78 is 0. The maximum absolute atomic E-state index is 13.3. The normalized spacial score (nSPS) is 19.3. The van der Waals surface area contributed by atoms with Crippen LogP contribution in [0.3, 0.4) is 0 Å². The van der Waals surface area contributed by atoms with Gasteiger partial charge in [-0.25, -0.2) is 0 Å². The number of carbonyl (C=O) groups is 2. The molecule has 2 fully saturated rings. The summed E-state index contributed by atoms with van der Waals surface area (Å²) in [6.45, 7) is 7.26. The number of fused-ring (bicyclic) bond motifs is 1. The zero-order valence-corrected chi connectivity index (χ0v) is 20.5. The van der Waals surface area contributed by atoms with Crippen LogP contribution in [0.25, 0.3) is 0 Å². The van der Waals surface area contributed by atoms with Gasteiger partial charge in [-0.05, 0) is 73.1 Å². The van der Waals surface area contributed by atoms with E-state index in [2.05, 4.69) is 36.1 Å². The van der Waals surface area contributed by atoms with Crippen LogP contribution in [-0.2, 0) is 19.4 Å². The molecule has 2 heterocycles. The minimum atomic E-state index is 0.0921. The molecule has 0 bridgehead atoms. The lowest BCUT2D eigenvalue weighted by atomic mass is 9.91. The number of aryl methyl sites for hydroxylation is 1. The van der Waals surface area contributed by atoms with Gasteiger partial charge in [0.15, 0.2) is 0 Å². The molecule has 1 saturated carbocycles. The zero-order valence-electron chi connectivity index (χ0n) is 20.5. The van der Waals surface area contributed by atoms with E-state index in [0.29, 0.717) is 13.1 Å². The monoisotopic (exact) mass is 459 g/mol. The zero-order chi connectivity index (χ0) is 23.5. The van der Waals surface area contributed by atoms with Crippen LogP contribution in [0, 0.1) is 0 Å². The highest BCUT2D eigenvalue weighted by Gasteiger charge is 2.29. The molecular formula is C29H37N3O2. The van der Waals surface area contributed by atoms with Crippen LogP contribution in [-0.4, -0.2) is 65.3 Å². The van der Waals surface area contributed by atoms with E-state index in [9.17, 15) is 9.59 Å². The van der Waals surface area contributed by atoms with E-state index in [1.807, 2.05) is 28.0 Å². The standard InChI is InChI=1S/C29H37N3O2/c1-2-5-22-8-10-23(11-9-22)28(33)32-17-14-24-20-25(12-13-26(24)21-32)29(34)31-16-4-15-30(18-19-31)27-6-3-7-27/h8-13,20,27H,2-7,14-19,21H2,1H3. The van der Waals surface area contributed by atoms with Crippen molar-refractivity contribution >= 4 is 11.8 Å². The first-order valence-electron chi connectivity index (χ1n) is 13.2. The van der Waals surface area contributed by atoms with Crippen LogP contribution in [0.1, 0.15) is 76.4 Å². The summed E-state index contributed by atoms with van der Waals surface area (Å²) in [6, 6.07) is 14.9. The number of carbonyl (C=O) groups excluding carboxylic acids is 2. The van der Waals surface area contributed by atoms with Gasteiger partial charge in [0.1, 0.15) is 0 Å². The highest BCUT2D eigenvalue weighted by molar-refractivity contribution is 5.95. The van der Waals surface area contributed by atoms with Gasteiger partial charge in [-0.2, -0.15) is 0 Å². The van der Waals surface area contributed by atoms with Crippen LogP contribution < -0.4 is 0 Å². The average molecular weight is 460 g/mol. The molecule has 180 valence electrons. The van der Waals surface area contributed by atoms with Crippen molar-refractivity contribution in [3.05, 3.63) is 70.3 Å². The predicted octanol–water partition coefficient (Wildman–Crippen LogP) is 4.54. The second-order valence-corrected chi connectivity index (χ2v) is 10.2. The summed E-state index contributed by atoms with van der Waals surface area (Å²) in [7, 11) is 0. The second-order valence-electron chi connectivity index (χ2n) is 10.2. The lowest BCUT2D eigenvalue weighted by Gasteiger charge is -2.36. The van der Waals surface area contributed by atoms with Gasteiger partial charge < -0.3 is 9.80 Å². The summed E-state index contributed by atoms with van der Waals surface area (Å²) in [6.07, 6.45) is 8.01. The van der Waals surface area contributed by atoms with Gasteiger partial charge in [0.2, 0.25) is 0 Å². The van der Waals surface area contributed by atoms with Crippen molar-refractivity contribution in [1.82, 2.24) is 14.7 Å². The van der Waals surface area contributed by atoms with Crippen LogP contribution in [0.2, 0.25) is 0 Å². The van der Waals surface area contributed by atoms with Crippen molar-refractivity contribution < 1.29 is 9.59 Å². The molecule has 2 aromatic rings. The van der Waals surface area contributed by atoms with E-state index >= 15 is 0 Å². The highest BCUT2D eigenvalue weighted by Crippen LogP contribution is 2.26. The Morgan fingerprint density at radius 2 is 1.56 bits per heavy atom. The third-order valence-corrected chi connectivity index (χ3v) is 7.90. The third kappa shape index (κ3) is 4.90. The van der Waals surface area contributed by atoms with Gasteiger partial charge in [-0.1, -0.05) is 38.0 Å². The molecule has 0 spiro atoms. The molecule has 34 heavy (non-hydrogen) atoms. The van der Waals surface area contributed by atoms with Crippen LogP contribution in [0.5, 0.6) is 0 Å². The van der Waals surface area contributed by atoms with Crippen molar-refractivity contribution in [1.29, 1.82) is 0 Å². The molecule has 3 aliphatic rings. The van der Waals surface area contributed by atoms with Gasteiger partial charge in [0.25, 0.3) is 11.8 Å². The lowest BCUT2D eigenvalue weighted by molar-refractivity contribution is 0.0727. The molecule has 1 aliphatic carbocycles. The van der Waals surface area contributed by atoms with Crippen LogP contribution in [0.4, 0.5) is 0 Å². The van der Waals surface area contributed by atoms with Gasteiger partial charge in [0, 0.05) is 56.4 Å². The first-order valence-corrected chi connectivity index (χ1v) is 13.2. The maximum Gasteiger partial charge on any atom is 0.254 e. The molecule has 5 rings (SSSR count). The fourth-order valence-corrected chi connectivity index (χ4v) is 5.58. The van der Waals surface area contributed by atoms with Gasteiger partial charge in [-0.15, -0.1) is 0 Å². The molecular weight excluding hydrogens is 422 g/mol. The van der Waals surface area contributed by atoms with Gasteiger partial charge in [-0.3, -0.25) is 14.5 Å². The Hall–Kier alpha value is -2.66. The molecule has 2 amide bonds. The smallest absolute Gasteiger partial charge is 0.254 e. The number of benzene rings is 2. The Morgan fingerprint density at radius 1 is 0.794 bits per heavy atom. The molecule has 5 heteroatoms. The largest absolute Gasteiger partial charge is 0.337 e. The molecule has 0 N–H and O–H groups in total. The van der Waals surface area contributed by atoms with Gasteiger partial charge in [0.05, 0.1) is 0 Å². The highest BCUT2D eigenvalue weighted by atomic mass is 16.2. The van der Waals surface area contributed by atoms with Crippen molar-refractivity contribution in [2.45, 2.75) is 64.5 Å². The van der Waals surface area contributed by atoms with Crippen molar-refractivity contribution in [2.24, 2.45) is 0 Å². The number of nitrogens with zero attached hydrogens (tertiary/aromatic N) is 3. The second kappa shape index (κ2) is 10.3. The van der Waals surface area contributed by atoms with E-state index < -0.39 is 0 Å². The fourth-order valence-electron chi connectivity index (χ4n) is 5.58. The number of hydrogen-bond acceptors (Lipinski definition) is 3. The van der Waals surface area contributed by atoms with E-state index in [-0.39, 0.29) is 11.8 Å². The molecule has 5 nitrogen and oxygen atoms in total. The first kappa shape index (κ1) is 23.1. The minimum Gasteiger partial charge on any atom is -0.337 e. The summed E-state index contributed by atoms with van der Waals surface area (Å²) in [5, 5.41) is 0. The van der Waals surface area contributed by atoms with E-state index in [4.69, 9.17) is 0 Å². The Bertz CT molecular complexity index is 1030. The molecule has 0 radical (unpaired) electrons. The number of amides is 2. The van der Waals surface area contributed by atoms with Crippen molar-refractivity contribution in [3.8, 4) is 0 Å². The summed E-state index contributed by atoms with van der Waals surface area (Å²) in [5.41, 5.74) is 5.19. The third-order valence-electron chi connectivity index (χ3n) is 7.90. The Labute approximate surface area is 203 Å². The predicted molar refractivity (Wildman–Crippen MR) is 135 cm³/mol. The maximum atomic E-state index is 13.3. The number of hydrogen-bond donors (Lipinski definition) is 0. The van der Waals surface area contributed by atoms with Crippen molar-refractivity contribution in [2.75, 3.05) is 32.7 Å². The average Bonchev–Trinajstić information content (AvgIpc) is 3.08. The molecule has 2 aliphatic heterocycles. The quantitative estimate of drug-likeness (QED) is 0.660. The van der Waals surface area contributed by atoms with E-state index in [0.717, 1.165) is 74.6 Å². The van der Waals surface area contributed by atoms with Crippen LogP contribution in [0.15, 0.2) is 42.5 Å². The molecule has 2 aromatic carbocycles. The lowest BCUT2D eigenvalue weighted by Crippen LogP contribution is -2.42. The van der Waals surface area contributed by atoms with Crippen molar-refractivity contribution in [3.63, 3.8) is 0 Å². The minimum absolute atomic E-state index is 0.0921. The van der Waals surface area contributed by atoms with Crippen LogP contribution >= 0.6 is 0 Å². The fraction of sp³-hybridized carbons (Fsp3) is 0.517. The number of rotatable bonds is 5. The molecule has 0 aromatic heterocycles. The molecule has 0 unspecified atom stereocenters. The summed E-state index contributed by atoms with van der Waals surface area (Å²) in [4.78, 5) is 32.9. The molecule has 1 saturated heterocycles. The Balaban J connectivity index is 1.22. The summed E-state index contributed by atoms with van der Waals surface area (Å²) >= 11 is 0.